The van der Waals surface area contributed by atoms with E-state index in [1.54, 1.807) is 11.3 Å². The van der Waals surface area contributed by atoms with E-state index in [4.69, 9.17) is 5.11 Å². The number of hydrogen-bond acceptors (Lipinski definition) is 5. The molecule has 1 saturated carbocycles. The van der Waals surface area contributed by atoms with Gasteiger partial charge < -0.3 is 15.7 Å². The minimum absolute atomic E-state index is 0.0493. The molecular formula is C19H24N4O3S. The second-order valence-electron chi connectivity index (χ2n) is 6.62. The molecule has 0 bridgehead atoms. The van der Waals surface area contributed by atoms with Gasteiger partial charge in [0.15, 0.2) is 0 Å². The minimum atomic E-state index is -0.816. The van der Waals surface area contributed by atoms with E-state index in [0.29, 0.717) is 13.1 Å². The molecule has 144 valence electrons. The van der Waals surface area contributed by atoms with Crippen LogP contribution < -0.4 is 10.6 Å². The third kappa shape index (κ3) is 5.27. The standard InChI is InChI=1S/C19H24N4O3S/c1-2-23(11-17(24)25)16-8-14(9-16)22-19(26)20-10-15-12-27-18(21-15)13-6-4-3-5-7-13/h3-7,12,14,16H,2,8-11H2,1H3,(H,24,25)(H2,20,22,26). The van der Waals surface area contributed by atoms with Crippen LogP contribution in [-0.4, -0.2) is 52.2 Å². The van der Waals surface area contributed by atoms with Gasteiger partial charge in [0.1, 0.15) is 5.01 Å². The maximum Gasteiger partial charge on any atom is 0.317 e. The lowest BCUT2D eigenvalue weighted by atomic mass is 9.85. The van der Waals surface area contributed by atoms with Crippen molar-refractivity contribution in [2.24, 2.45) is 0 Å². The van der Waals surface area contributed by atoms with Crippen LogP contribution in [0.25, 0.3) is 10.6 Å². The van der Waals surface area contributed by atoms with E-state index in [0.717, 1.165) is 29.1 Å². The van der Waals surface area contributed by atoms with Crippen LogP contribution in [-0.2, 0) is 11.3 Å². The Balaban J connectivity index is 1.40. The van der Waals surface area contributed by atoms with E-state index >= 15 is 0 Å². The highest BCUT2D eigenvalue weighted by Crippen LogP contribution is 2.25. The summed E-state index contributed by atoms with van der Waals surface area (Å²) >= 11 is 1.56. The zero-order chi connectivity index (χ0) is 19.2. The second kappa shape index (κ2) is 8.96. The molecule has 2 aromatic rings. The Hall–Kier alpha value is -2.45. The molecule has 3 rings (SSSR count). The average Bonchev–Trinajstić information content (AvgIpc) is 3.10. The fourth-order valence-corrected chi connectivity index (χ4v) is 4.01. The Morgan fingerprint density at radius 2 is 2.04 bits per heavy atom. The zero-order valence-corrected chi connectivity index (χ0v) is 16.0. The Bertz CT molecular complexity index is 774. The number of likely N-dealkylation sites (N-methyl/N-ethyl adjacent to an activating group) is 1. The number of carbonyl (C=O) groups is 2. The number of carboxylic acid groups (broad SMARTS) is 1. The molecular weight excluding hydrogens is 364 g/mol. The summed E-state index contributed by atoms with van der Waals surface area (Å²) in [7, 11) is 0. The normalized spacial score (nSPS) is 18.7. The molecule has 7 nitrogen and oxygen atoms in total. The van der Waals surface area contributed by atoms with Gasteiger partial charge in [0.05, 0.1) is 18.8 Å². The van der Waals surface area contributed by atoms with Crippen LogP contribution in [0.3, 0.4) is 0 Å². The van der Waals surface area contributed by atoms with Crippen molar-refractivity contribution in [3.63, 3.8) is 0 Å². The summed E-state index contributed by atoms with van der Waals surface area (Å²) in [4.78, 5) is 29.4. The van der Waals surface area contributed by atoms with E-state index < -0.39 is 5.97 Å². The van der Waals surface area contributed by atoms with Crippen LogP contribution in [0.4, 0.5) is 4.79 Å². The highest BCUT2D eigenvalue weighted by Gasteiger charge is 2.34. The third-order valence-electron chi connectivity index (χ3n) is 4.71. The summed E-state index contributed by atoms with van der Waals surface area (Å²) in [6, 6.07) is 10.1. The fourth-order valence-electron chi connectivity index (χ4n) is 3.19. The molecule has 0 atom stereocenters. The van der Waals surface area contributed by atoms with Crippen molar-refractivity contribution in [3.8, 4) is 10.6 Å². The summed E-state index contributed by atoms with van der Waals surface area (Å²) in [6.45, 7) is 3.08. The number of urea groups is 1. The van der Waals surface area contributed by atoms with Crippen molar-refractivity contribution in [1.82, 2.24) is 20.5 Å². The largest absolute Gasteiger partial charge is 0.480 e. The van der Waals surface area contributed by atoms with Crippen LogP contribution in [0.15, 0.2) is 35.7 Å². The lowest BCUT2D eigenvalue weighted by Gasteiger charge is -2.42. The number of nitrogens with one attached hydrogen (secondary N) is 2. The van der Waals surface area contributed by atoms with Crippen LogP contribution in [0, 0.1) is 0 Å². The lowest BCUT2D eigenvalue weighted by molar-refractivity contribution is -0.139. The zero-order valence-electron chi connectivity index (χ0n) is 15.2. The van der Waals surface area contributed by atoms with E-state index in [2.05, 4.69) is 15.6 Å². The third-order valence-corrected chi connectivity index (χ3v) is 5.65. The summed E-state index contributed by atoms with van der Waals surface area (Å²) < 4.78 is 0. The molecule has 1 heterocycles. The Kier molecular flexibility index (Phi) is 6.41. The van der Waals surface area contributed by atoms with Crippen LogP contribution in [0.2, 0.25) is 0 Å². The molecule has 1 aromatic heterocycles. The maximum atomic E-state index is 12.1. The van der Waals surface area contributed by atoms with Gasteiger partial charge in [-0.15, -0.1) is 11.3 Å². The first kappa shape index (κ1) is 19.3. The van der Waals surface area contributed by atoms with Gasteiger partial charge in [-0.25, -0.2) is 9.78 Å². The molecule has 1 aromatic carbocycles. The van der Waals surface area contributed by atoms with Crippen molar-refractivity contribution in [1.29, 1.82) is 0 Å². The van der Waals surface area contributed by atoms with Crippen molar-refractivity contribution < 1.29 is 14.7 Å². The van der Waals surface area contributed by atoms with Crippen molar-refractivity contribution in [2.75, 3.05) is 13.1 Å². The summed E-state index contributed by atoms with van der Waals surface area (Å²) in [5, 5.41) is 17.6. The monoisotopic (exact) mass is 388 g/mol. The molecule has 1 aliphatic carbocycles. The fraction of sp³-hybridized carbons (Fsp3) is 0.421. The van der Waals surface area contributed by atoms with Crippen LogP contribution in [0.1, 0.15) is 25.5 Å². The molecule has 1 fully saturated rings. The van der Waals surface area contributed by atoms with Gasteiger partial charge in [-0.2, -0.15) is 0 Å². The van der Waals surface area contributed by atoms with E-state index in [9.17, 15) is 9.59 Å². The van der Waals surface area contributed by atoms with E-state index in [1.165, 1.54) is 0 Å². The second-order valence-corrected chi connectivity index (χ2v) is 7.47. The molecule has 27 heavy (non-hydrogen) atoms. The number of hydrogen-bond donors (Lipinski definition) is 3. The highest BCUT2D eigenvalue weighted by molar-refractivity contribution is 7.13. The molecule has 1 aliphatic rings. The predicted octanol–water partition coefficient (Wildman–Crippen LogP) is 2.55. The Labute approximate surface area is 162 Å². The predicted molar refractivity (Wildman–Crippen MR) is 105 cm³/mol. The minimum Gasteiger partial charge on any atom is -0.480 e. The Morgan fingerprint density at radius 1 is 1.30 bits per heavy atom. The average molecular weight is 388 g/mol. The number of nitrogens with zero attached hydrogens (tertiary/aromatic N) is 2. The maximum absolute atomic E-state index is 12.1. The van der Waals surface area contributed by atoms with Gasteiger partial charge >= 0.3 is 12.0 Å². The first-order valence-corrected chi connectivity index (χ1v) is 9.93. The molecule has 8 heteroatoms. The molecule has 3 N–H and O–H groups in total. The lowest BCUT2D eigenvalue weighted by Crippen LogP contribution is -2.56. The topological polar surface area (TPSA) is 94.6 Å². The first-order valence-electron chi connectivity index (χ1n) is 9.05. The smallest absolute Gasteiger partial charge is 0.317 e. The molecule has 0 radical (unpaired) electrons. The number of thiazole rings is 1. The number of benzene rings is 1. The summed E-state index contributed by atoms with van der Waals surface area (Å²) in [6.07, 6.45) is 1.56. The summed E-state index contributed by atoms with van der Waals surface area (Å²) in [5.41, 5.74) is 1.90. The molecule has 0 spiro atoms. The SMILES string of the molecule is CCN(CC(=O)O)C1CC(NC(=O)NCc2csc(-c3ccccc3)n2)C1. The number of carboxylic acids is 1. The van der Waals surface area contributed by atoms with Crippen LogP contribution in [0.5, 0.6) is 0 Å². The van der Waals surface area contributed by atoms with Gasteiger partial charge in [-0.05, 0) is 19.4 Å². The van der Waals surface area contributed by atoms with E-state index in [-0.39, 0.29) is 24.7 Å². The molecule has 0 saturated heterocycles. The van der Waals surface area contributed by atoms with Crippen LogP contribution >= 0.6 is 11.3 Å². The summed E-state index contributed by atoms with van der Waals surface area (Å²) in [5.74, 6) is -0.816. The van der Waals surface area contributed by atoms with Gasteiger partial charge in [-0.3, -0.25) is 9.69 Å². The van der Waals surface area contributed by atoms with Gasteiger partial charge in [0.25, 0.3) is 0 Å². The van der Waals surface area contributed by atoms with Gasteiger partial charge in [0.2, 0.25) is 0 Å². The van der Waals surface area contributed by atoms with Gasteiger partial charge in [-0.1, -0.05) is 37.3 Å². The number of aromatic nitrogens is 1. The quantitative estimate of drug-likeness (QED) is 0.646. The van der Waals surface area contributed by atoms with Gasteiger partial charge in [0, 0.05) is 23.0 Å². The van der Waals surface area contributed by atoms with E-state index in [1.807, 2.05) is 47.5 Å². The number of carbonyl (C=O) groups excluding carboxylic acids is 1. The number of rotatable bonds is 8. The van der Waals surface area contributed by atoms with Crippen molar-refractivity contribution >= 4 is 23.3 Å². The van der Waals surface area contributed by atoms with Crippen molar-refractivity contribution in [2.45, 2.75) is 38.4 Å². The molecule has 2 amide bonds. The molecule has 0 aliphatic heterocycles. The Morgan fingerprint density at radius 3 is 2.70 bits per heavy atom. The number of aliphatic carboxylic acids is 1. The molecule has 0 unspecified atom stereocenters. The highest BCUT2D eigenvalue weighted by atomic mass is 32.1. The first-order chi connectivity index (χ1) is 13.0. The number of amides is 2. The van der Waals surface area contributed by atoms with Crippen molar-refractivity contribution in [3.05, 3.63) is 41.4 Å².